The van der Waals surface area contributed by atoms with Crippen molar-refractivity contribution >= 4 is 17.7 Å². The molecule has 1 spiro atoms. The van der Waals surface area contributed by atoms with Gasteiger partial charge in [-0.05, 0) is 24.7 Å². The van der Waals surface area contributed by atoms with Crippen molar-refractivity contribution in [1.82, 2.24) is 5.32 Å². The number of hydrogen-bond acceptors (Lipinski definition) is 3. The van der Waals surface area contributed by atoms with Crippen LogP contribution in [0.4, 0.5) is 0 Å². The van der Waals surface area contributed by atoms with Crippen molar-refractivity contribution in [3.05, 3.63) is 0 Å². The molecule has 1 aliphatic carbocycles. The van der Waals surface area contributed by atoms with Gasteiger partial charge in [0, 0.05) is 5.75 Å². The summed E-state index contributed by atoms with van der Waals surface area (Å²) in [5.74, 6) is 1.28. The fourth-order valence-corrected chi connectivity index (χ4v) is 4.95. The summed E-state index contributed by atoms with van der Waals surface area (Å²) in [5, 5.41) is 12.5. The van der Waals surface area contributed by atoms with Crippen LogP contribution in [0.15, 0.2) is 0 Å². The predicted octanol–water partition coefficient (Wildman–Crippen LogP) is 2.32. The molecule has 1 saturated heterocycles. The van der Waals surface area contributed by atoms with Crippen LogP contribution >= 0.6 is 11.8 Å². The van der Waals surface area contributed by atoms with Crippen molar-refractivity contribution in [2.75, 3.05) is 5.75 Å². The molecule has 2 N–H and O–H groups in total. The first-order valence-electron chi connectivity index (χ1n) is 6.19. The SMILES string of the molecule is CC(C)C1CCCCC12N[C@@H](C(=O)O)CS2. The van der Waals surface area contributed by atoms with Gasteiger partial charge in [-0.15, -0.1) is 11.8 Å². The van der Waals surface area contributed by atoms with Crippen LogP contribution in [0.25, 0.3) is 0 Å². The normalized spacial score (nSPS) is 39.4. The zero-order valence-electron chi connectivity index (χ0n) is 10.0. The second kappa shape index (κ2) is 4.57. The molecule has 3 atom stereocenters. The first kappa shape index (κ1) is 12.2. The van der Waals surface area contributed by atoms with Gasteiger partial charge >= 0.3 is 5.97 Å². The molecule has 0 aromatic rings. The van der Waals surface area contributed by atoms with Crippen LogP contribution in [0.5, 0.6) is 0 Å². The molecule has 1 aliphatic heterocycles. The van der Waals surface area contributed by atoms with E-state index in [-0.39, 0.29) is 10.9 Å². The van der Waals surface area contributed by atoms with Gasteiger partial charge < -0.3 is 5.11 Å². The van der Waals surface area contributed by atoms with E-state index < -0.39 is 5.97 Å². The Balaban J connectivity index is 2.13. The van der Waals surface area contributed by atoms with Crippen LogP contribution in [0, 0.1) is 11.8 Å². The summed E-state index contributed by atoms with van der Waals surface area (Å²) in [6.07, 6.45) is 4.90. The Morgan fingerprint density at radius 3 is 2.81 bits per heavy atom. The van der Waals surface area contributed by atoms with E-state index in [1.165, 1.54) is 19.3 Å². The quantitative estimate of drug-likeness (QED) is 0.781. The van der Waals surface area contributed by atoms with Gasteiger partial charge in [0.1, 0.15) is 6.04 Å². The van der Waals surface area contributed by atoms with Gasteiger partial charge in [0.25, 0.3) is 0 Å². The highest BCUT2D eigenvalue weighted by Crippen LogP contribution is 2.48. The molecule has 2 unspecified atom stereocenters. The number of carboxylic acids is 1. The molecule has 0 amide bonds. The van der Waals surface area contributed by atoms with Gasteiger partial charge in [0.05, 0.1) is 4.87 Å². The van der Waals surface area contributed by atoms with Crippen molar-refractivity contribution in [2.24, 2.45) is 11.8 Å². The highest BCUT2D eigenvalue weighted by molar-refractivity contribution is 8.01. The average molecular weight is 243 g/mol. The van der Waals surface area contributed by atoms with Crippen LogP contribution in [0.3, 0.4) is 0 Å². The first-order chi connectivity index (χ1) is 7.55. The number of thioether (sulfide) groups is 1. The molecular weight excluding hydrogens is 222 g/mol. The van der Waals surface area contributed by atoms with Crippen LogP contribution in [-0.4, -0.2) is 27.7 Å². The zero-order chi connectivity index (χ0) is 11.8. The molecule has 0 radical (unpaired) electrons. The Morgan fingerprint density at radius 1 is 1.50 bits per heavy atom. The maximum Gasteiger partial charge on any atom is 0.321 e. The van der Waals surface area contributed by atoms with Gasteiger partial charge in [-0.1, -0.05) is 26.7 Å². The molecule has 1 heterocycles. The smallest absolute Gasteiger partial charge is 0.321 e. The molecular formula is C12H21NO2S. The second-order valence-electron chi connectivity index (χ2n) is 5.33. The zero-order valence-corrected chi connectivity index (χ0v) is 10.8. The van der Waals surface area contributed by atoms with E-state index >= 15 is 0 Å². The van der Waals surface area contributed by atoms with Crippen molar-refractivity contribution in [2.45, 2.75) is 50.4 Å². The number of rotatable bonds is 2. The van der Waals surface area contributed by atoms with Gasteiger partial charge in [0.2, 0.25) is 0 Å². The van der Waals surface area contributed by atoms with E-state index in [1.807, 2.05) is 11.8 Å². The maximum absolute atomic E-state index is 11.0. The fourth-order valence-electron chi connectivity index (χ4n) is 3.14. The molecule has 16 heavy (non-hydrogen) atoms. The molecule has 92 valence electrons. The Morgan fingerprint density at radius 2 is 2.25 bits per heavy atom. The third-order valence-electron chi connectivity index (χ3n) is 3.94. The summed E-state index contributed by atoms with van der Waals surface area (Å²) < 4.78 is 0. The second-order valence-corrected chi connectivity index (χ2v) is 6.68. The molecule has 0 aromatic carbocycles. The third-order valence-corrected chi connectivity index (χ3v) is 5.58. The summed E-state index contributed by atoms with van der Waals surface area (Å²) in [6, 6.07) is -0.343. The monoisotopic (exact) mass is 243 g/mol. The van der Waals surface area contributed by atoms with Crippen molar-refractivity contribution in [1.29, 1.82) is 0 Å². The van der Waals surface area contributed by atoms with E-state index in [4.69, 9.17) is 5.11 Å². The van der Waals surface area contributed by atoms with Crippen molar-refractivity contribution in [3.63, 3.8) is 0 Å². The minimum Gasteiger partial charge on any atom is -0.480 e. The molecule has 0 bridgehead atoms. The van der Waals surface area contributed by atoms with E-state index in [2.05, 4.69) is 19.2 Å². The van der Waals surface area contributed by atoms with E-state index in [0.717, 1.165) is 12.2 Å². The lowest BCUT2D eigenvalue weighted by Crippen LogP contribution is -2.52. The van der Waals surface area contributed by atoms with Crippen LogP contribution in [0.1, 0.15) is 39.5 Å². The van der Waals surface area contributed by atoms with E-state index in [0.29, 0.717) is 11.8 Å². The number of aliphatic carboxylic acids is 1. The Kier molecular flexibility index (Phi) is 3.50. The minimum atomic E-state index is -0.697. The Labute approximate surface area is 101 Å². The summed E-state index contributed by atoms with van der Waals surface area (Å²) in [7, 11) is 0. The van der Waals surface area contributed by atoms with Crippen LogP contribution < -0.4 is 5.32 Å². The summed E-state index contributed by atoms with van der Waals surface area (Å²) in [4.78, 5) is 11.1. The predicted molar refractivity (Wildman–Crippen MR) is 66.5 cm³/mol. The average Bonchev–Trinajstić information content (AvgIpc) is 2.63. The minimum absolute atomic E-state index is 0.0511. The lowest BCUT2D eigenvalue weighted by molar-refractivity contribution is -0.139. The van der Waals surface area contributed by atoms with Crippen LogP contribution in [0.2, 0.25) is 0 Å². The highest BCUT2D eigenvalue weighted by atomic mass is 32.2. The number of carboxylic acid groups (broad SMARTS) is 1. The third kappa shape index (κ3) is 2.09. The van der Waals surface area contributed by atoms with Gasteiger partial charge in [-0.25, -0.2) is 0 Å². The molecule has 0 aromatic heterocycles. The molecule has 2 aliphatic rings. The van der Waals surface area contributed by atoms with E-state index in [1.54, 1.807) is 0 Å². The number of nitrogens with one attached hydrogen (secondary N) is 1. The van der Waals surface area contributed by atoms with Crippen molar-refractivity contribution in [3.8, 4) is 0 Å². The standard InChI is InChI=1S/C12H21NO2S/c1-8(2)9-5-3-4-6-12(9)13-10(7-16-12)11(14)15/h8-10,13H,3-7H2,1-2H3,(H,14,15)/t9?,10-,12?/m1/s1. The summed E-state index contributed by atoms with van der Waals surface area (Å²) in [5.41, 5.74) is 0. The summed E-state index contributed by atoms with van der Waals surface area (Å²) >= 11 is 1.85. The number of carbonyl (C=O) groups is 1. The highest BCUT2D eigenvalue weighted by Gasteiger charge is 2.49. The molecule has 3 nitrogen and oxygen atoms in total. The molecule has 2 rings (SSSR count). The lowest BCUT2D eigenvalue weighted by Gasteiger charge is -2.43. The Hall–Kier alpha value is -0.220. The topological polar surface area (TPSA) is 49.3 Å². The van der Waals surface area contributed by atoms with Gasteiger partial charge in [-0.2, -0.15) is 0 Å². The van der Waals surface area contributed by atoms with Crippen LogP contribution in [-0.2, 0) is 4.79 Å². The molecule has 4 heteroatoms. The van der Waals surface area contributed by atoms with E-state index in [9.17, 15) is 4.79 Å². The fraction of sp³-hybridized carbons (Fsp3) is 0.917. The molecule has 1 saturated carbocycles. The lowest BCUT2D eigenvalue weighted by atomic mass is 9.77. The maximum atomic E-state index is 11.0. The molecule has 2 fully saturated rings. The largest absolute Gasteiger partial charge is 0.480 e. The van der Waals surface area contributed by atoms with Gasteiger partial charge in [-0.3, -0.25) is 10.1 Å². The van der Waals surface area contributed by atoms with Gasteiger partial charge in [0.15, 0.2) is 0 Å². The number of hydrogen-bond donors (Lipinski definition) is 2. The Bertz CT molecular complexity index is 282. The van der Waals surface area contributed by atoms with Crippen molar-refractivity contribution < 1.29 is 9.90 Å². The summed E-state index contributed by atoms with van der Waals surface area (Å²) in [6.45, 7) is 4.52. The first-order valence-corrected chi connectivity index (χ1v) is 7.18.